The van der Waals surface area contributed by atoms with Crippen LogP contribution < -0.4 is 0 Å². The zero-order valence-corrected chi connectivity index (χ0v) is 14.4. The highest BCUT2D eigenvalue weighted by atomic mass is 16.4. The minimum Gasteiger partial charge on any atom is -0.425 e. The largest absolute Gasteiger partial charge is 0.425 e. The van der Waals surface area contributed by atoms with E-state index in [4.69, 9.17) is 4.42 Å². The fraction of sp³-hybridized carbons (Fsp3) is 0.526. The van der Waals surface area contributed by atoms with Crippen molar-refractivity contribution in [2.75, 3.05) is 13.1 Å². The maximum Gasteiger partial charge on any atom is 0.253 e. The third-order valence-electron chi connectivity index (χ3n) is 5.71. The summed E-state index contributed by atoms with van der Waals surface area (Å²) < 4.78 is 5.90. The third-order valence-corrected chi connectivity index (χ3v) is 5.71. The second-order valence-electron chi connectivity index (χ2n) is 7.14. The van der Waals surface area contributed by atoms with E-state index >= 15 is 0 Å². The van der Waals surface area contributed by atoms with Crippen LogP contribution in [-0.2, 0) is 18.4 Å². The zero-order valence-electron chi connectivity index (χ0n) is 14.4. The van der Waals surface area contributed by atoms with Crippen LogP contribution >= 0.6 is 0 Å². The lowest BCUT2D eigenvalue weighted by Gasteiger charge is -2.24. The second-order valence-corrected chi connectivity index (χ2v) is 7.14. The summed E-state index contributed by atoms with van der Waals surface area (Å²) in [6, 6.07) is 7.22. The van der Waals surface area contributed by atoms with E-state index in [1.54, 1.807) is 6.07 Å². The number of carbonyl (C=O) groups excluding carboxylic acids is 1. The van der Waals surface area contributed by atoms with Gasteiger partial charge in [0.2, 0.25) is 11.8 Å². The average molecular weight is 341 g/mol. The van der Waals surface area contributed by atoms with Crippen molar-refractivity contribution >= 4 is 5.91 Å². The van der Waals surface area contributed by atoms with Gasteiger partial charge in [-0.25, -0.2) is 0 Å². The maximum atomic E-state index is 13.0. The number of nitrogens with zero attached hydrogens (tertiary/aromatic N) is 3. The lowest BCUT2D eigenvalue weighted by molar-refractivity contribution is 0.0775. The van der Waals surface area contributed by atoms with E-state index < -0.39 is 0 Å². The molecule has 1 saturated carbocycles. The Kier molecular flexibility index (Phi) is 4.07. The Bertz CT molecular complexity index is 788. The maximum absolute atomic E-state index is 13.0. The number of rotatable bonds is 4. The molecule has 25 heavy (non-hydrogen) atoms. The van der Waals surface area contributed by atoms with E-state index in [0.29, 0.717) is 29.8 Å². The van der Waals surface area contributed by atoms with Gasteiger partial charge < -0.3 is 14.4 Å². The van der Waals surface area contributed by atoms with Crippen molar-refractivity contribution in [1.82, 2.24) is 15.1 Å². The summed E-state index contributed by atoms with van der Waals surface area (Å²) >= 11 is 0. The molecule has 2 atom stereocenters. The van der Waals surface area contributed by atoms with Crippen molar-refractivity contribution in [3.63, 3.8) is 0 Å². The van der Waals surface area contributed by atoms with Crippen LogP contribution in [0.1, 0.15) is 53.9 Å². The van der Waals surface area contributed by atoms with Gasteiger partial charge in [-0.3, -0.25) is 4.79 Å². The molecular weight excluding hydrogens is 318 g/mol. The molecule has 6 nitrogen and oxygen atoms in total. The molecule has 2 heterocycles. The van der Waals surface area contributed by atoms with Gasteiger partial charge in [0.1, 0.15) is 0 Å². The van der Waals surface area contributed by atoms with Crippen LogP contribution in [0.5, 0.6) is 0 Å². The van der Waals surface area contributed by atoms with Gasteiger partial charge in [-0.2, -0.15) is 0 Å². The van der Waals surface area contributed by atoms with E-state index in [1.807, 2.05) is 30.0 Å². The molecule has 1 amide bonds. The number of aryl methyl sites for hydroxylation is 1. The standard InChI is InChI=1S/C19H23N3O3/c1-2-16-20-21-18(25-16)19-8-4-7-15(19)10-22(12-19)17(24)14-6-3-5-13(9-14)11-23/h3,5-6,9,15,23H,2,4,7-8,10-12H2,1H3/t15-,19-/m0/s1. The van der Waals surface area contributed by atoms with Crippen LogP contribution in [0.15, 0.2) is 28.7 Å². The highest BCUT2D eigenvalue weighted by molar-refractivity contribution is 5.94. The predicted octanol–water partition coefficient (Wildman–Crippen LogP) is 2.32. The smallest absolute Gasteiger partial charge is 0.253 e. The van der Waals surface area contributed by atoms with E-state index in [9.17, 15) is 9.90 Å². The molecule has 0 bridgehead atoms. The molecule has 2 aliphatic rings. The first-order chi connectivity index (χ1) is 12.2. The molecule has 1 aromatic heterocycles. The molecular formula is C19H23N3O3. The number of carbonyl (C=O) groups is 1. The van der Waals surface area contributed by atoms with E-state index in [2.05, 4.69) is 10.2 Å². The summed E-state index contributed by atoms with van der Waals surface area (Å²) in [5.41, 5.74) is 1.19. The molecule has 1 N–H and O–H groups in total. The molecule has 0 spiro atoms. The molecule has 0 radical (unpaired) electrons. The van der Waals surface area contributed by atoms with Gasteiger partial charge in [0.15, 0.2) is 0 Å². The summed E-state index contributed by atoms with van der Waals surface area (Å²) in [7, 11) is 0. The Morgan fingerprint density at radius 3 is 3.08 bits per heavy atom. The second kappa shape index (κ2) is 6.26. The molecule has 2 fully saturated rings. The highest BCUT2D eigenvalue weighted by Crippen LogP contribution is 2.50. The van der Waals surface area contributed by atoms with Crippen molar-refractivity contribution in [3.8, 4) is 0 Å². The molecule has 132 valence electrons. The van der Waals surface area contributed by atoms with E-state index in [1.165, 1.54) is 0 Å². The number of aliphatic hydroxyl groups is 1. The minimum atomic E-state index is -0.190. The fourth-order valence-electron chi connectivity index (χ4n) is 4.38. The van der Waals surface area contributed by atoms with Crippen LogP contribution in [0.2, 0.25) is 0 Å². The number of benzene rings is 1. The predicted molar refractivity (Wildman–Crippen MR) is 91.0 cm³/mol. The number of likely N-dealkylation sites (tertiary alicyclic amines) is 1. The first-order valence-electron chi connectivity index (χ1n) is 8.98. The topological polar surface area (TPSA) is 79.5 Å². The van der Waals surface area contributed by atoms with Crippen LogP contribution in [-0.4, -0.2) is 39.2 Å². The first-order valence-corrected chi connectivity index (χ1v) is 8.98. The van der Waals surface area contributed by atoms with Crippen molar-refractivity contribution in [2.45, 2.75) is 44.6 Å². The molecule has 1 aliphatic heterocycles. The normalized spacial score (nSPS) is 25.4. The number of hydrogen-bond acceptors (Lipinski definition) is 5. The number of hydrogen-bond donors (Lipinski definition) is 1. The Morgan fingerprint density at radius 2 is 2.32 bits per heavy atom. The Labute approximate surface area is 146 Å². The zero-order chi connectivity index (χ0) is 17.4. The van der Waals surface area contributed by atoms with Crippen LogP contribution in [0.25, 0.3) is 0 Å². The van der Waals surface area contributed by atoms with Gasteiger partial charge in [-0.15, -0.1) is 10.2 Å². The van der Waals surface area contributed by atoms with Gasteiger partial charge in [0.25, 0.3) is 5.91 Å². The monoisotopic (exact) mass is 341 g/mol. The number of fused-ring (bicyclic) bond motifs is 1. The summed E-state index contributed by atoms with van der Waals surface area (Å²) in [5.74, 6) is 1.75. The minimum absolute atomic E-state index is 0.0132. The van der Waals surface area contributed by atoms with Gasteiger partial charge >= 0.3 is 0 Å². The molecule has 4 rings (SSSR count). The van der Waals surface area contributed by atoms with E-state index in [-0.39, 0.29) is 17.9 Å². The third kappa shape index (κ3) is 2.65. The van der Waals surface area contributed by atoms with E-state index in [0.717, 1.165) is 37.8 Å². The SMILES string of the molecule is CCc1nnc([C@]23CCC[C@H]2CN(C(=O)c2cccc(CO)c2)C3)o1. The Hall–Kier alpha value is -2.21. The van der Waals surface area contributed by atoms with Gasteiger partial charge in [0.05, 0.1) is 12.0 Å². The van der Waals surface area contributed by atoms with Crippen LogP contribution in [0, 0.1) is 5.92 Å². The number of amides is 1. The Morgan fingerprint density at radius 1 is 1.44 bits per heavy atom. The van der Waals surface area contributed by atoms with Crippen LogP contribution in [0.4, 0.5) is 0 Å². The molecule has 0 unspecified atom stereocenters. The van der Waals surface area contributed by atoms with Crippen molar-refractivity contribution in [2.24, 2.45) is 5.92 Å². The first kappa shape index (κ1) is 16.3. The lowest BCUT2D eigenvalue weighted by Crippen LogP contribution is -2.35. The molecule has 1 saturated heterocycles. The molecule has 6 heteroatoms. The number of aliphatic hydroxyl groups excluding tert-OH is 1. The van der Waals surface area contributed by atoms with Gasteiger partial charge in [-0.05, 0) is 36.5 Å². The Balaban J connectivity index is 1.61. The molecule has 1 aromatic carbocycles. The van der Waals surface area contributed by atoms with Crippen molar-refractivity contribution < 1.29 is 14.3 Å². The summed E-state index contributed by atoms with van der Waals surface area (Å²) in [6.07, 6.45) is 3.94. The van der Waals surface area contributed by atoms with Crippen molar-refractivity contribution in [1.29, 1.82) is 0 Å². The lowest BCUT2D eigenvalue weighted by atomic mass is 9.80. The van der Waals surface area contributed by atoms with Gasteiger partial charge in [0, 0.05) is 25.1 Å². The summed E-state index contributed by atoms with van der Waals surface area (Å²) in [6.45, 7) is 3.30. The van der Waals surface area contributed by atoms with Crippen molar-refractivity contribution in [3.05, 3.63) is 47.2 Å². The summed E-state index contributed by atoms with van der Waals surface area (Å²) in [4.78, 5) is 14.9. The van der Waals surface area contributed by atoms with Crippen LogP contribution in [0.3, 0.4) is 0 Å². The number of aromatic nitrogens is 2. The highest BCUT2D eigenvalue weighted by Gasteiger charge is 2.55. The molecule has 2 aromatic rings. The quantitative estimate of drug-likeness (QED) is 0.923. The summed E-state index contributed by atoms with van der Waals surface area (Å²) in [5, 5.41) is 17.7. The molecule has 1 aliphatic carbocycles. The fourth-order valence-corrected chi connectivity index (χ4v) is 4.38. The van der Waals surface area contributed by atoms with Gasteiger partial charge in [-0.1, -0.05) is 25.5 Å². The average Bonchev–Trinajstić information content (AvgIpc) is 3.34.